The summed E-state index contributed by atoms with van der Waals surface area (Å²) < 4.78 is 0. The van der Waals surface area contributed by atoms with Crippen LogP contribution in [0.25, 0.3) is 0 Å². The fourth-order valence-corrected chi connectivity index (χ4v) is 2.59. The Balaban J connectivity index is 0. The van der Waals surface area contributed by atoms with E-state index in [1.165, 1.54) is 6.42 Å². The van der Waals surface area contributed by atoms with Crippen molar-refractivity contribution in [2.24, 2.45) is 0 Å². The average molecular weight is 324 g/mol. The first-order valence-electron chi connectivity index (χ1n) is 7.58. The Morgan fingerprint density at radius 2 is 1.39 bits per heavy atom. The van der Waals surface area contributed by atoms with Gasteiger partial charge in [0.05, 0.1) is 0 Å². The number of benzene rings is 1. The number of aliphatic carboxylic acids is 2. The molecule has 0 aliphatic rings. The molecule has 1 aromatic rings. The summed E-state index contributed by atoms with van der Waals surface area (Å²) >= 11 is 0. The van der Waals surface area contributed by atoms with Gasteiger partial charge in [0.15, 0.2) is 5.41 Å². The number of hydrogen-bond donors (Lipinski definition) is 2. The minimum atomic E-state index is -1.83. The molecule has 0 unspecified atom stereocenters. The van der Waals surface area contributed by atoms with E-state index in [0.717, 1.165) is 25.7 Å². The Morgan fingerprint density at radius 1 is 0.913 bits per heavy atom. The second-order valence-electron chi connectivity index (χ2n) is 5.40. The molecule has 0 atom stereocenters. The molecule has 120 valence electrons. The van der Waals surface area contributed by atoms with Gasteiger partial charge in [-0.15, -0.1) is 0 Å². The van der Waals surface area contributed by atoms with E-state index in [1.54, 1.807) is 30.3 Å². The van der Waals surface area contributed by atoms with E-state index in [9.17, 15) is 19.8 Å². The van der Waals surface area contributed by atoms with Crippen LogP contribution in [0.2, 0.25) is 0 Å². The van der Waals surface area contributed by atoms with Gasteiger partial charge in [-0.05, 0) is 12.0 Å². The Labute approximate surface area is 172 Å². The van der Waals surface area contributed by atoms with E-state index in [-0.39, 0.29) is 54.8 Å². The molecule has 0 spiro atoms. The standard InChI is InChI=1S/C17H24O4.Li.Na.2H/c1-2-3-4-5-6-10-13-17(15(18)19,16(20)21)14-11-8-7-9-12-14;;;;/h7-9,11-12H,2-6,10,13H2,1H3,(H,18,19)(H,20,21);;;;. The van der Waals surface area contributed by atoms with Crippen molar-refractivity contribution in [2.45, 2.75) is 57.3 Å². The van der Waals surface area contributed by atoms with Gasteiger partial charge >= 0.3 is 60.4 Å². The molecule has 0 saturated carbocycles. The quantitative estimate of drug-likeness (QED) is 0.394. The average Bonchev–Trinajstić information content (AvgIpc) is 2.47. The summed E-state index contributed by atoms with van der Waals surface area (Å²) in [4.78, 5) is 23.3. The van der Waals surface area contributed by atoms with E-state index in [4.69, 9.17) is 0 Å². The molecule has 0 amide bonds. The number of hydrogen-bond acceptors (Lipinski definition) is 2. The Morgan fingerprint density at radius 3 is 1.87 bits per heavy atom. The van der Waals surface area contributed by atoms with Crippen molar-refractivity contribution in [2.75, 3.05) is 0 Å². The topological polar surface area (TPSA) is 74.6 Å². The van der Waals surface area contributed by atoms with Gasteiger partial charge in [-0.2, -0.15) is 0 Å². The number of carboxylic acid groups (broad SMARTS) is 2. The van der Waals surface area contributed by atoms with E-state index >= 15 is 0 Å². The molecule has 1 aromatic carbocycles. The van der Waals surface area contributed by atoms with Crippen molar-refractivity contribution in [1.82, 2.24) is 0 Å². The predicted molar refractivity (Wildman–Crippen MR) is 95.7 cm³/mol. The van der Waals surface area contributed by atoms with Crippen molar-refractivity contribution < 1.29 is 19.8 Å². The van der Waals surface area contributed by atoms with E-state index in [1.807, 2.05) is 0 Å². The van der Waals surface area contributed by atoms with Crippen LogP contribution >= 0.6 is 0 Å². The molecule has 1 rings (SSSR count). The maximum absolute atomic E-state index is 11.6. The summed E-state index contributed by atoms with van der Waals surface area (Å²) in [6.07, 6.45) is 6.08. The van der Waals surface area contributed by atoms with Crippen molar-refractivity contribution in [1.29, 1.82) is 0 Å². The van der Waals surface area contributed by atoms with Crippen LogP contribution in [0.4, 0.5) is 0 Å². The summed E-state index contributed by atoms with van der Waals surface area (Å²) in [5.74, 6) is -2.57. The molecule has 2 N–H and O–H groups in total. The molecular weight excluding hydrogens is 298 g/mol. The molecule has 0 saturated heterocycles. The van der Waals surface area contributed by atoms with Crippen molar-refractivity contribution in [3.8, 4) is 0 Å². The zero-order valence-corrected chi connectivity index (χ0v) is 12.5. The third kappa shape index (κ3) is 7.03. The maximum atomic E-state index is 11.6. The Hall–Kier alpha value is -0.243. The number of carboxylic acids is 2. The first kappa shape index (κ1) is 25.0. The van der Waals surface area contributed by atoms with Gasteiger partial charge in [0.25, 0.3) is 0 Å². The fraction of sp³-hybridized carbons (Fsp3) is 0.529. The van der Waals surface area contributed by atoms with Gasteiger partial charge in [-0.1, -0.05) is 75.8 Å². The first-order chi connectivity index (χ1) is 10.1. The van der Waals surface area contributed by atoms with Crippen molar-refractivity contribution >= 4 is 60.4 Å². The summed E-state index contributed by atoms with van der Waals surface area (Å²) in [5, 5.41) is 19.0. The number of carbonyl (C=O) groups is 2. The van der Waals surface area contributed by atoms with Gasteiger partial charge in [-0.25, -0.2) is 0 Å². The molecule has 0 radical (unpaired) electrons. The van der Waals surface area contributed by atoms with Gasteiger partial charge in [0.2, 0.25) is 0 Å². The minimum absolute atomic E-state index is 0. The molecule has 0 bridgehead atoms. The Kier molecular flexibility index (Phi) is 14.2. The van der Waals surface area contributed by atoms with Gasteiger partial charge < -0.3 is 10.2 Å². The Bertz CT molecular complexity index is 451. The van der Waals surface area contributed by atoms with Gasteiger partial charge in [0, 0.05) is 0 Å². The van der Waals surface area contributed by atoms with E-state index in [2.05, 4.69) is 6.92 Å². The van der Waals surface area contributed by atoms with Crippen LogP contribution in [-0.2, 0) is 15.0 Å². The molecule has 0 aliphatic heterocycles. The van der Waals surface area contributed by atoms with E-state index < -0.39 is 17.4 Å². The molecule has 6 heteroatoms. The number of rotatable bonds is 10. The molecule has 4 nitrogen and oxygen atoms in total. The fourth-order valence-electron chi connectivity index (χ4n) is 2.59. The van der Waals surface area contributed by atoms with Crippen molar-refractivity contribution in [3.05, 3.63) is 35.9 Å². The monoisotopic (exact) mass is 324 g/mol. The molecule has 0 aromatic heterocycles. The predicted octanol–water partition coefficient (Wildman–Crippen LogP) is 2.55. The molecule has 0 aliphatic carbocycles. The van der Waals surface area contributed by atoms with Gasteiger partial charge in [-0.3, -0.25) is 9.59 Å². The molecule has 23 heavy (non-hydrogen) atoms. The van der Waals surface area contributed by atoms with Crippen LogP contribution in [0, 0.1) is 0 Å². The van der Waals surface area contributed by atoms with Crippen LogP contribution < -0.4 is 0 Å². The first-order valence-corrected chi connectivity index (χ1v) is 7.58. The van der Waals surface area contributed by atoms with Crippen LogP contribution in [0.15, 0.2) is 30.3 Å². The second-order valence-corrected chi connectivity index (χ2v) is 5.40. The molecule has 0 heterocycles. The summed E-state index contributed by atoms with van der Waals surface area (Å²) in [6, 6.07) is 8.27. The van der Waals surface area contributed by atoms with Gasteiger partial charge in [0.1, 0.15) is 0 Å². The molecular formula is C17H26LiNaO4. The zero-order valence-electron chi connectivity index (χ0n) is 12.5. The third-order valence-corrected chi connectivity index (χ3v) is 3.90. The summed E-state index contributed by atoms with van der Waals surface area (Å²) in [6.45, 7) is 2.13. The normalized spacial score (nSPS) is 10.3. The second kappa shape index (κ2) is 13.1. The van der Waals surface area contributed by atoms with Crippen LogP contribution in [-0.4, -0.2) is 70.6 Å². The summed E-state index contributed by atoms with van der Waals surface area (Å²) in [5.41, 5.74) is -1.48. The molecule has 0 fully saturated rings. The van der Waals surface area contributed by atoms with Crippen LogP contribution in [0.1, 0.15) is 57.4 Å². The summed E-state index contributed by atoms with van der Waals surface area (Å²) in [7, 11) is 0. The number of unbranched alkanes of at least 4 members (excludes halogenated alkanes) is 5. The van der Waals surface area contributed by atoms with Crippen LogP contribution in [0.5, 0.6) is 0 Å². The van der Waals surface area contributed by atoms with Crippen molar-refractivity contribution in [3.63, 3.8) is 0 Å². The van der Waals surface area contributed by atoms with E-state index in [0.29, 0.717) is 12.0 Å². The van der Waals surface area contributed by atoms with Crippen LogP contribution in [0.3, 0.4) is 0 Å². The third-order valence-electron chi connectivity index (χ3n) is 3.90. The SMILES string of the molecule is CCCCCCCCC(C(=O)O)(C(=O)O)c1ccccc1.[LiH].[NaH]. The zero-order chi connectivity index (χ0) is 15.7.